The first-order valence-electron chi connectivity index (χ1n) is 10.4. The van der Waals surface area contributed by atoms with Crippen molar-refractivity contribution in [3.05, 3.63) is 70.2 Å². The lowest BCUT2D eigenvalue weighted by molar-refractivity contribution is -0.143. The van der Waals surface area contributed by atoms with Crippen molar-refractivity contribution in [3.8, 4) is 0 Å². The van der Waals surface area contributed by atoms with Crippen molar-refractivity contribution in [2.45, 2.75) is 27.3 Å². The Kier molecular flexibility index (Phi) is 6.18. The quantitative estimate of drug-likeness (QED) is 0.166. The minimum Gasteiger partial charge on any atom is -0.465 e. The van der Waals surface area contributed by atoms with Gasteiger partial charge in [-0.25, -0.2) is 22.0 Å². The van der Waals surface area contributed by atoms with Crippen LogP contribution >= 0.6 is 0 Å². The molecule has 0 N–H and O–H groups in total. The van der Waals surface area contributed by atoms with Gasteiger partial charge in [-0.15, -0.1) is 0 Å². The van der Waals surface area contributed by atoms with Crippen molar-refractivity contribution in [1.82, 2.24) is 4.57 Å². The summed E-state index contributed by atoms with van der Waals surface area (Å²) in [6, 6.07) is 7.03. The van der Waals surface area contributed by atoms with Crippen molar-refractivity contribution in [2.75, 3.05) is 11.6 Å². The van der Waals surface area contributed by atoms with E-state index in [0.29, 0.717) is 22.2 Å². The van der Waals surface area contributed by atoms with Gasteiger partial charge in [0.1, 0.15) is 12.2 Å². The number of hydrogen-bond donors (Lipinski definition) is 0. The molecule has 1 aliphatic heterocycles. The van der Waals surface area contributed by atoms with E-state index in [0.717, 1.165) is 0 Å². The van der Waals surface area contributed by atoms with E-state index in [1.54, 1.807) is 42.7 Å². The predicted molar refractivity (Wildman–Crippen MR) is 118 cm³/mol. The molecule has 3 aromatic rings. The number of esters is 1. The van der Waals surface area contributed by atoms with E-state index >= 15 is 0 Å². The fourth-order valence-electron chi connectivity index (χ4n) is 3.94. The zero-order chi connectivity index (χ0) is 25.6. The molecule has 6 nitrogen and oxygen atoms in total. The Morgan fingerprint density at radius 1 is 1.00 bits per heavy atom. The minimum absolute atomic E-state index is 0.000523. The summed E-state index contributed by atoms with van der Waals surface area (Å²) >= 11 is 0. The van der Waals surface area contributed by atoms with Crippen LogP contribution in [0, 0.1) is 36.0 Å². The van der Waals surface area contributed by atoms with Crippen LogP contribution in [0.25, 0.3) is 17.0 Å². The minimum atomic E-state index is -2.34. The summed E-state index contributed by atoms with van der Waals surface area (Å²) in [4.78, 5) is 25.2. The highest BCUT2D eigenvalue weighted by molar-refractivity contribution is 6.32. The number of rotatable bonds is 5. The number of amides is 1. The van der Waals surface area contributed by atoms with E-state index < -0.39 is 46.6 Å². The molecule has 0 aliphatic carbocycles. The molecule has 2 heterocycles. The average Bonchev–Trinajstić information content (AvgIpc) is 3.25. The van der Waals surface area contributed by atoms with E-state index in [4.69, 9.17) is 4.74 Å². The number of nitrogens with zero attached hydrogens (tertiary/aromatic N) is 3. The number of ether oxygens (including phenoxy) is 1. The molecule has 0 spiro atoms. The Balaban J connectivity index is 1.83. The first-order valence-corrected chi connectivity index (χ1v) is 10.4. The Bertz CT molecular complexity index is 1430. The molecule has 0 fully saturated rings. The van der Waals surface area contributed by atoms with Crippen molar-refractivity contribution in [3.63, 3.8) is 0 Å². The zero-order valence-corrected chi connectivity index (χ0v) is 18.8. The lowest BCUT2D eigenvalue weighted by Gasteiger charge is -2.15. The third kappa shape index (κ3) is 3.86. The summed E-state index contributed by atoms with van der Waals surface area (Å²) in [5.74, 6) is -12.6. The van der Waals surface area contributed by atoms with Gasteiger partial charge in [-0.05, 0) is 32.9 Å². The second-order valence-corrected chi connectivity index (χ2v) is 7.69. The van der Waals surface area contributed by atoms with Crippen LogP contribution in [0.2, 0.25) is 0 Å². The molecular formula is C24H18F5N3O3. The number of hydrogen-bond acceptors (Lipinski definition) is 4. The van der Waals surface area contributed by atoms with Gasteiger partial charge >= 0.3 is 5.97 Å². The number of benzene rings is 2. The number of fused-ring (bicyclic) bond motifs is 1. The summed E-state index contributed by atoms with van der Waals surface area (Å²) in [7, 11) is 0. The lowest BCUT2D eigenvalue weighted by atomic mass is 10.0. The summed E-state index contributed by atoms with van der Waals surface area (Å²) in [6.45, 7) is 4.85. The molecule has 4 rings (SSSR count). The van der Waals surface area contributed by atoms with Gasteiger partial charge in [0.25, 0.3) is 5.91 Å². The van der Waals surface area contributed by atoms with Gasteiger partial charge in [-0.2, -0.15) is 10.1 Å². The Labute approximate surface area is 195 Å². The molecule has 11 heteroatoms. The van der Waals surface area contributed by atoms with E-state index in [1.807, 2.05) is 0 Å². The third-order valence-electron chi connectivity index (χ3n) is 5.62. The standard InChI is InChI=1S/C24H18F5N3O3/c1-4-35-17(33)10-31-12(3)15(13-7-5-6-8-16(13)31)9-14-11(2)30-32(24(14)34)23-21(28)19(26)18(25)20(27)22(23)29/h5-9H,4,10H2,1-3H3/b14-9-. The number of carbonyl (C=O) groups excluding carboxylic acids is 2. The average molecular weight is 491 g/mol. The SMILES string of the molecule is CCOC(=O)Cn1c(C)c(/C=C2\C(=O)N(c3c(F)c(F)c(F)c(F)c3F)N=C2C)c2ccccc21. The molecule has 0 radical (unpaired) electrons. The fraction of sp³-hybridized carbons (Fsp3) is 0.208. The maximum atomic E-state index is 14.3. The van der Waals surface area contributed by atoms with Crippen molar-refractivity contribution in [2.24, 2.45) is 5.10 Å². The smallest absolute Gasteiger partial charge is 0.325 e. The summed E-state index contributed by atoms with van der Waals surface area (Å²) in [5.41, 5.74) is 0.193. The van der Waals surface area contributed by atoms with Crippen LogP contribution in [0.15, 0.2) is 34.9 Å². The molecule has 35 heavy (non-hydrogen) atoms. The highest BCUT2D eigenvalue weighted by Gasteiger charge is 2.37. The van der Waals surface area contributed by atoms with Crippen LogP contribution in [0.1, 0.15) is 25.1 Å². The molecular weight excluding hydrogens is 473 g/mol. The first-order chi connectivity index (χ1) is 16.6. The van der Waals surface area contributed by atoms with Gasteiger partial charge in [-0.1, -0.05) is 18.2 Å². The van der Waals surface area contributed by atoms with Crippen LogP contribution in [0.3, 0.4) is 0 Å². The second-order valence-electron chi connectivity index (χ2n) is 7.69. The molecule has 0 saturated heterocycles. The van der Waals surface area contributed by atoms with Crippen LogP contribution < -0.4 is 5.01 Å². The third-order valence-corrected chi connectivity index (χ3v) is 5.62. The van der Waals surface area contributed by atoms with Crippen LogP contribution in [-0.2, 0) is 20.9 Å². The Morgan fingerprint density at radius 3 is 2.23 bits per heavy atom. The predicted octanol–water partition coefficient (Wildman–Crippen LogP) is 5.01. The van der Waals surface area contributed by atoms with Crippen LogP contribution in [-0.4, -0.2) is 28.8 Å². The molecule has 2 aromatic carbocycles. The highest BCUT2D eigenvalue weighted by atomic mass is 19.2. The molecule has 0 unspecified atom stereocenters. The van der Waals surface area contributed by atoms with Crippen LogP contribution in [0.5, 0.6) is 0 Å². The number of carbonyl (C=O) groups is 2. The van der Waals surface area contributed by atoms with Crippen molar-refractivity contribution < 1.29 is 36.3 Å². The molecule has 1 aliphatic rings. The van der Waals surface area contributed by atoms with Crippen LogP contribution in [0.4, 0.5) is 27.6 Å². The number of halogens is 5. The van der Waals surface area contributed by atoms with Gasteiger partial charge in [0.05, 0.1) is 17.9 Å². The summed E-state index contributed by atoms with van der Waals surface area (Å²) < 4.78 is 76.2. The first kappa shape index (κ1) is 24.1. The van der Waals surface area contributed by atoms with Gasteiger partial charge < -0.3 is 9.30 Å². The number of para-hydroxylation sites is 1. The maximum absolute atomic E-state index is 14.3. The van der Waals surface area contributed by atoms with E-state index in [1.165, 1.54) is 13.0 Å². The van der Waals surface area contributed by atoms with Gasteiger partial charge in [0, 0.05) is 22.2 Å². The monoisotopic (exact) mass is 491 g/mol. The topological polar surface area (TPSA) is 63.9 Å². The fourth-order valence-corrected chi connectivity index (χ4v) is 3.94. The number of aromatic nitrogens is 1. The Hall–Kier alpha value is -4.02. The largest absolute Gasteiger partial charge is 0.465 e. The highest BCUT2D eigenvalue weighted by Crippen LogP contribution is 2.35. The normalized spacial score (nSPS) is 14.9. The maximum Gasteiger partial charge on any atom is 0.325 e. The van der Waals surface area contributed by atoms with E-state index in [-0.39, 0.29) is 29.4 Å². The van der Waals surface area contributed by atoms with Crippen molar-refractivity contribution >= 4 is 40.3 Å². The molecule has 182 valence electrons. The van der Waals surface area contributed by atoms with Gasteiger partial charge in [0.2, 0.25) is 5.82 Å². The molecule has 0 saturated carbocycles. The lowest BCUT2D eigenvalue weighted by Crippen LogP contribution is -2.25. The molecule has 0 atom stereocenters. The van der Waals surface area contributed by atoms with Gasteiger partial charge in [0.15, 0.2) is 23.3 Å². The molecule has 1 aromatic heterocycles. The number of anilines is 1. The number of hydrazone groups is 1. The van der Waals surface area contributed by atoms with Crippen molar-refractivity contribution in [1.29, 1.82) is 0 Å². The molecule has 0 bridgehead atoms. The van der Waals surface area contributed by atoms with E-state index in [9.17, 15) is 31.5 Å². The molecule has 1 amide bonds. The van der Waals surface area contributed by atoms with E-state index in [2.05, 4.69) is 5.10 Å². The summed E-state index contributed by atoms with van der Waals surface area (Å²) in [6.07, 6.45) is 1.41. The van der Waals surface area contributed by atoms with Gasteiger partial charge in [-0.3, -0.25) is 9.59 Å². The zero-order valence-electron chi connectivity index (χ0n) is 18.8. The second kappa shape index (κ2) is 8.97. The summed E-state index contributed by atoms with van der Waals surface area (Å²) in [5, 5.41) is 4.58. The Morgan fingerprint density at radius 2 is 1.60 bits per heavy atom.